The number of rotatable bonds is 2. The van der Waals surface area contributed by atoms with E-state index in [0.29, 0.717) is 24.2 Å². The molecule has 0 bridgehead atoms. The second-order valence-corrected chi connectivity index (χ2v) is 8.14. The van der Waals surface area contributed by atoms with Crippen LogP contribution >= 0.6 is 23.8 Å². The van der Waals surface area contributed by atoms with E-state index >= 15 is 0 Å². The van der Waals surface area contributed by atoms with E-state index in [4.69, 9.17) is 23.8 Å². The minimum absolute atomic E-state index is 0.0501. The second kappa shape index (κ2) is 8.12. The lowest BCUT2D eigenvalue weighted by Gasteiger charge is -2.26. The van der Waals surface area contributed by atoms with Crippen molar-refractivity contribution < 1.29 is 18.0 Å². The summed E-state index contributed by atoms with van der Waals surface area (Å²) >= 11 is 11.3. The number of nitrogens with zero attached hydrogens (tertiary/aromatic N) is 2. The first-order valence-electron chi connectivity index (χ1n) is 9.62. The van der Waals surface area contributed by atoms with Gasteiger partial charge in [0.1, 0.15) is 0 Å². The smallest absolute Gasteiger partial charge is 0.339 e. The molecule has 0 atom stereocenters. The summed E-state index contributed by atoms with van der Waals surface area (Å²) in [7, 11) is 0. The Hall–Kier alpha value is -2.65. The standard InChI is InChI=1S/C21H17ClF3N3O2S/c22-15-7-5-13(21(23,24)25)11-17(15)28-19(30)14-6-4-12(10-16(14)26-20(28)31)18(29)27-8-2-1-3-9-27/h4-7,10-11H,1-3,8-9H2,(H,26,31). The van der Waals surface area contributed by atoms with Crippen LogP contribution in [0.3, 0.4) is 0 Å². The van der Waals surface area contributed by atoms with Gasteiger partial charge in [-0.2, -0.15) is 13.2 Å². The number of carbonyl (C=O) groups is 1. The van der Waals surface area contributed by atoms with Crippen molar-refractivity contribution in [2.45, 2.75) is 25.4 Å². The summed E-state index contributed by atoms with van der Waals surface area (Å²) < 4.78 is 40.2. The number of halogens is 4. The summed E-state index contributed by atoms with van der Waals surface area (Å²) in [6.07, 6.45) is -1.62. The van der Waals surface area contributed by atoms with Crippen LogP contribution in [0.15, 0.2) is 41.2 Å². The monoisotopic (exact) mass is 467 g/mol. The third kappa shape index (κ3) is 4.12. The van der Waals surface area contributed by atoms with E-state index in [2.05, 4.69) is 4.98 Å². The van der Waals surface area contributed by atoms with Gasteiger partial charge < -0.3 is 9.88 Å². The molecule has 3 aromatic rings. The van der Waals surface area contributed by atoms with Crippen LogP contribution in [0, 0.1) is 4.77 Å². The fourth-order valence-corrected chi connectivity index (χ4v) is 4.20. The fraction of sp³-hybridized carbons (Fsp3) is 0.286. The summed E-state index contributed by atoms with van der Waals surface area (Å²) in [5.74, 6) is -0.133. The molecule has 1 aliphatic heterocycles. The van der Waals surface area contributed by atoms with Crippen molar-refractivity contribution in [1.82, 2.24) is 14.5 Å². The van der Waals surface area contributed by atoms with Crippen LogP contribution < -0.4 is 5.56 Å². The van der Waals surface area contributed by atoms with Gasteiger partial charge in [0, 0.05) is 18.7 Å². The molecule has 162 valence electrons. The van der Waals surface area contributed by atoms with Gasteiger partial charge in [-0.05, 0) is 67.9 Å². The molecule has 0 aliphatic carbocycles. The number of fused-ring (bicyclic) bond motifs is 1. The van der Waals surface area contributed by atoms with Crippen LogP contribution in [0.4, 0.5) is 13.2 Å². The zero-order valence-corrected chi connectivity index (χ0v) is 17.7. The number of amides is 1. The van der Waals surface area contributed by atoms with Crippen LogP contribution in [-0.4, -0.2) is 33.4 Å². The molecule has 31 heavy (non-hydrogen) atoms. The number of carbonyl (C=O) groups excluding carboxylic acids is 1. The number of alkyl halides is 3. The van der Waals surface area contributed by atoms with Gasteiger partial charge in [0.25, 0.3) is 11.5 Å². The third-order valence-electron chi connectivity index (χ3n) is 5.30. The van der Waals surface area contributed by atoms with E-state index in [1.807, 2.05) is 0 Å². The highest BCUT2D eigenvalue weighted by Crippen LogP contribution is 2.33. The van der Waals surface area contributed by atoms with Gasteiger partial charge >= 0.3 is 6.18 Å². The molecule has 1 aromatic heterocycles. The van der Waals surface area contributed by atoms with E-state index < -0.39 is 17.3 Å². The Morgan fingerprint density at radius 1 is 1.06 bits per heavy atom. The van der Waals surface area contributed by atoms with Crippen molar-refractivity contribution in [1.29, 1.82) is 0 Å². The Labute approximate surface area is 185 Å². The number of likely N-dealkylation sites (tertiary alicyclic amines) is 1. The molecular weight excluding hydrogens is 451 g/mol. The molecule has 0 unspecified atom stereocenters. The summed E-state index contributed by atoms with van der Waals surface area (Å²) in [6, 6.07) is 7.25. The van der Waals surface area contributed by atoms with E-state index in [-0.39, 0.29) is 26.8 Å². The minimum Gasteiger partial charge on any atom is -0.339 e. The fourth-order valence-electron chi connectivity index (χ4n) is 3.71. The second-order valence-electron chi connectivity index (χ2n) is 7.35. The van der Waals surface area contributed by atoms with Crippen LogP contribution in [0.1, 0.15) is 35.2 Å². The molecule has 0 saturated carbocycles. The third-order valence-corrected chi connectivity index (χ3v) is 5.91. The predicted octanol–water partition coefficient (Wildman–Crippen LogP) is 5.35. The molecule has 0 spiro atoms. The quantitative estimate of drug-likeness (QED) is 0.517. The highest BCUT2D eigenvalue weighted by atomic mass is 35.5. The molecule has 1 N–H and O–H groups in total. The molecule has 2 aromatic carbocycles. The minimum atomic E-state index is -4.60. The maximum atomic E-state index is 13.1. The van der Waals surface area contributed by atoms with Crippen molar-refractivity contribution in [2.75, 3.05) is 13.1 Å². The molecular formula is C21H17ClF3N3O2S. The molecule has 1 saturated heterocycles. The van der Waals surface area contributed by atoms with Crippen LogP contribution in [0.5, 0.6) is 0 Å². The Morgan fingerprint density at radius 3 is 2.45 bits per heavy atom. The zero-order valence-electron chi connectivity index (χ0n) is 16.1. The SMILES string of the molecule is O=C(c1ccc2c(=O)n(-c3cc(C(F)(F)F)ccc3Cl)c(=S)[nH]c2c1)N1CCCCC1. The Morgan fingerprint density at radius 2 is 1.77 bits per heavy atom. The van der Waals surface area contributed by atoms with Crippen LogP contribution in [-0.2, 0) is 6.18 Å². The average molecular weight is 468 g/mol. The molecule has 5 nitrogen and oxygen atoms in total. The maximum Gasteiger partial charge on any atom is 0.416 e. The number of hydrogen-bond acceptors (Lipinski definition) is 3. The summed E-state index contributed by atoms with van der Waals surface area (Å²) in [5, 5.41) is 0.128. The van der Waals surface area contributed by atoms with Gasteiger partial charge in [-0.1, -0.05) is 11.6 Å². The Bertz CT molecular complexity index is 1290. The normalized spacial score (nSPS) is 14.8. The molecule has 4 rings (SSSR count). The predicted molar refractivity (Wildman–Crippen MR) is 114 cm³/mol. The molecule has 1 aliphatic rings. The van der Waals surface area contributed by atoms with Crippen molar-refractivity contribution in [3.63, 3.8) is 0 Å². The molecule has 10 heteroatoms. The number of benzene rings is 2. The lowest BCUT2D eigenvalue weighted by molar-refractivity contribution is -0.137. The van der Waals surface area contributed by atoms with E-state index in [9.17, 15) is 22.8 Å². The van der Waals surface area contributed by atoms with Gasteiger partial charge in [-0.25, -0.2) is 0 Å². The number of nitrogens with one attached hydrogen (secondary N) is 1. The van der Waals surface area contributed by atoms with E-state index in [0.717, 1.165) is 42.0 Å². The number of aromatic nitrogens is 2. The first kappa shape index (κ1) is 21.6. The van der Waals surface area contributed by atoms with Gasteiger partial charge in [-0.15, -0.1) is 0 Å². The highest BCUT2D eigenvalue weighted by molar-refractivity contribution is 7.71. The number of hydrogen-bond donors (Lipinski definition) is 1. The van der Waals surface area contributed by atoms with Crippen LogP contribution in [0.2, 0.25) is 5.02 Å². The van der Waals surface area contributed by atoms with Crippen molar-refractivity contribution >= 4 is 40.6 Å². The molecule has 1 fully saturated rings. The average Bonchev–Trinajstić information content (AvgIpc) is 2.74. The van der Waals surface area contributed by atoms with E-state index in [1.165, 1.54) is 12.1 Å². The number of H-pyrrole nitrogens is 1. The number of piperidine rings is 1. The van der Waals surface area contributed by atoms with Gasteiger partial charge in [0.2, 0.25) is 0 Å². The van der Waals surface area contributed by atoms with Gasteiger partial charge in [0.15, 0.2) is 4.77 Å². The maximum absolute atomic E-state index is 13.1. The topological polar surface area (TPSA) is 58.1 Å². The Balaban J connectivity index is 1.83. The van der Waals surface area contributed by atoms with E-state index in [1.54, 1.807) is 11.0 Å². The largest absolute Gasteiger partial charge is 0.416 e. The first-order chi connectivity index (χ1) is 14.7. The van der Waals surface area contributed by atoms with Crippen LogP contribution in [0.25, 0.3) is 16.6 Å². The summed E-state index contributed by atoms with van der Waals surface area (Å²) in [4.78, 5) is 30.5. The molecule has 2 heterocycles. The summed E-state index contributed by atoms with van der Waals surface area (Å²) in [5.41, 5.74) is -1.00. The zero-order chi connectivity index (χ0) is 22.3. The lowest BCUT2D eigenvalue weighted by atomic mass is 10.1. The lowest BCUT2D eigenvalue weighted by Crippen LogP contribution is -2.35. The number of aromatic amines is 1. The Kier molecular flexibility index (Phi) is 5.65. The molecule has 1 amide bonds. The highest BCUT2D eigenvalue weighted by Gasteiger charge is 2.31. The van der Waals surface area contributed by atoms with Gasteiger partial charge in [-0.3, -0.25) is 14.2 Å². The first-order valence-corrected chi connectivity index (χ1v) is 10.4. The van der Waals surface area contributed by atoms with Crippen molar-refractivity contribution in [3.8, 4) is 5.69 Å². The summed E-state index contributed by atoms with van der Waals surface area (Å²) in [6.45, 7) is 1.37. The van der Waals surface area contributed by atoms with Gasteiger partial charge in [0.05, 0.1) is 27.2 Å². The molecule has 0 radical (unpaired) electrons. The van der Waals surface area contributed by atoms with Crippen molar-refractivity contribution in [3.05, 3.63) is 67.7 Å². The van der Waals surface area contributed by atoms with Crippen molar-refractivity contribution in [2.24, 2.45) is 0 Å².